The van der Waals surface area contributed by atoms with Gasteiger partial charge in [0.05, 0.1) is 6.42 Å². The van der Waals surface area contributed by atoms with Crippen molar-refractivity contribution in [2.45, 2.75) is 27.2 Å². The van der Waals surface area contributed by atoms with E-state index in [-0.39, 0.29) is 18.2 Å². The van der Waals surface area contributed by atoms with Crippen LogP contribution in [-0.2, 0) is 16.0 Å². The lowest BCUT2D eigenvalue weighted by Gasteiger charge is -2.04. The van der Waals surface area contributed by atoms with Crippen LogP contribution in [0, 0.1) is 13.8 Å². The molecule has 0 aliphatic heterocycles. The number of carbonyl (C=O) groups is 2. The predicted molar refractivity (Wildman–Crippen MR) is 78.9 cm³/mol. The summed E-state index contributed by atoms with van der Waals surface area (Å²) in [7, 11) is 0. The van der Waals surface area contributed by atoms with Crippen LogP contribution in [0.1, 0.15) is 23.7 Å². The molecular weight excluding hydrogens is 270 g/mol. The van der Waals surface area contributed by atoms with Gasteiger partial charge in [0.25, 0.3) is 0 Å². The van der Waals surface area contributed by atoms with Crippen LogP contribution in [0.5, 0.6) is 0 Å². The van der Waals surface area contributed by atoms with Crippen LogP contribution in [0.15, 0.2) is 16.7 Å². The average Bonchev–Trinajstić information content (AvgIpc) is 2.78. The molecule has 6 nitrogen and oxygen atoms in total. The monoisotopic (exact) mass is 289 g/mol. The van der Waals surface area contributed by atoms with Gasteiger partial charge in [-0.1, -0.05) is 11.2 Å². The Morgan fingerprint density at radius 1 is 1.19 bits per heavy atom. The zero-order chi connectivity index (χ0) is 15.4. The molecule has 0 atom stereocenters. The summed E-state index contributed by atoms with van der Waals surface area (Å²) in [4.78, 5) is 22.6. The van der Waals surface area contributed by atoms with Crippen molar-refractivity contribution in [3.8, 4) is 0 Å². The zero-order valence-electron chi connectivity index (χ0n) is 12.4. The minimum absolute atomic E-state index is 0.113. The number of hydrogen-bond acceptors (Lipinski definition) is 4. The van der Waals surface area contributed by atoms with Crippen molar-refractivity contribution in [1.29, 1.82) is 0 Å². The minimum atomic E-state index is -0.144. The lowest BCUT2D eigenvalue weighted by atomic mass is 10.1. The highest BCUT2D eigenvalue weighted by Gasteiger charge is 2.14. The number of amides is 2. The predicted octanol–water partition coefficient (Wildman–Crippen LogP) is 1.24. The quantitative estimate of drug-likeness (QED) is 0.811. The molecule has 0 saturated heterocycles. The molecule has 0 bridgehead atoms. The average molecular weight is 289 g/mol. The van der Waals surface area contributed by atoms with Gasteiger partial charge in [-0.2, -0.15) is 0 Å². The molecule has 0 aliphatic rings. The molecule has 2 N–H and O–H groups in total. The largest absolute Gasteiger partial charge is 0.356 e. The Bertz CT molecular complexity index is 676. The van der Waals surface area contributed by atoms with Crippen molar-refractivity contribution in [1.82, 2.24) is 15.8 Å². The first-order chi connectivity index (χ1) is 9.97. The van der Waals surface area contributed by atoms with Crippen molar-refractivity contribution in [3.05, 3.63) is 29.0 Å². The molecule has 112 valence electrons. The molecule has 1 heterocycles. The summed E-state index contributed by atoms with van der Waals surface area (Å²) in [6.45, 7) is 6.20. The Morgan fingerprint density at radius 2 is 1.90 bits per heavy atom. The highest BCUT2D eigenvalue weighted by molar-refractivity contribution is 5.88. The normalized spacial score (nSPS) is 10.6. The van der Waals surface area contributed by atoms with Crippen LogP contribution in [0.3, 0.4) is 0 Å². The van der Waals surface area contributed by atoms with Crippen LogP contribution in [0.4, 0.5) is 0 Å². The first-order valence-corrected chi connectivity index (χ1v) is 6.84. The van der Waals surface area contributed by atoms with Gasteiger partial charge in [-0.3, -0.25) is 9.59 Å². The van der Waals surface area contributed by atoms with Gasteiger partial charge in [-0.15, -0.1) is 0 Å². The highest BCUT2D eigenvalue weighted by atomic mass is 16.5. The topological polar surface area (TPSA) is 84.2 Å². The fourth-order valence-electron chi connectivity index (χ4n) is 2.22. The second-order valence-electron chi connectivity index (χ2n) is 5.10. The number of carbonyl (C=O) groups excluding carboxylic acids is 2. The summed E-state index contributed by atoms with van der Waals surface area (Å²) in [5, 5.41) is 10.2. The SMILES string of the molecule is CC(=O)NCCNC(=O)Cc1noc2c(C)cc(C)cc12. The molecule has 0 aliphatic carbocycles. The number of benzene rings is 1. The van der Waals surface area contributed by atoms with Crippen LogP contribution in [-0.4, -0.2) is 30.1 Å². The zero-order valence-corrected chi connectivity index (χ0v) is 12.4. The van der Waals surface area contributed by atoms with E-state index in [1.807, 2.05) is 26.0 Å². The third kappa shape index (κ3) is 3.81. The van der Waals surface area contributed by atoms with Crippen molar-refractivity contribution >= 4 is 22.8 Å². The number of rotatable bonds is 5. The third-order valence-electron chi connectivity index (χ3n) is 3.13. The smallest absolute Gasteiger partial charge is 0.226 e. The van der Waals surface area contributed by atoms with E-state index in [1.165, 1.54) is 6.92 Å². The van der Waals surface area contributed by atoms with E-state index in [0.717, 1.165) is 22.1 Å². The van der Waals surface area contributed by atoms with Crippen molar-refractivity contribution < 1.29 is 14.1 Å². The lowest BCUT2D eigenvalue weighted by molar-refractivity contribution is -0.121. The molecule has 2 aromatic rings. The number of nitrogens with zero attached hydrogens (tertiary/aromatic N) is 1. The Kier molecular flexibility index (Phi) is 4.57. The summed E-state index contributed by atoms with van der Waals surface area (Å²) >= 11 is 0. The third-order valence-corrected chi connectivity index (χ3v) is 3.13. The fraction of sp³-hybridized carbons (Fsp3) is 0.400. The number of hydrogen-bond donors (Lipinski definition) is 2. The Hall–Kier alpha value is -2.37. The molecule has 0 spiro atoms. The number of nitrogens with one attached hydrogen (secondary N) is 2. The number of aromatic nitrogens is 1. The molecule has 0 saturated carbocycles. The Morgan fingerprint density at radius 3 is 2.62 bits per heavy atom. The van der Waals surface area contributed by atoms with Gasteiger partial charge >= 0.3 is 0 Å². The van der Waals surface area contributed by atoms with Crippen LogP contribution >= 0.6 is 0 Å². The summed E-state index contributed by atoms with van der Waals surface area (Å²) in [6, 6.07) is 3.99. The number of fused-ring (bicyclic) bond motifs is 1. The van der Waals surface area contributed by atoms with Gasteiger partial charge in [0.2, 0.25) is 11.8 Å². The molecule has 6 heteroatoms. The molecule has 2 rings (SSSR count). The molecular formula is C15H19N3O3. The summed E-state index contributed by atoms with van der Waals surface area (Å²) in [6.07, 6.45) is 0.163. The molecule has 21 heavy (non-hydrogen) atoms. The maximum Gasteiger partial charge on any atom is 0.226 e. The van der Waals surface area contributed by atoms with Gasteiger partial charge in [0, 0.05) is 25.4 Å². The molecule has 1 aromatic carbocycles. The van der Waals surface area contributed by atoms with Gasteiger partial charge in [-0.05, 0) is 31.0 Å². The summed E-state index contributed by atoms with van der Waals surface area (Å²) in [5.41, 5.74) is 3.47. The molecule has 0 unspecified atom stereocenters. The standard InChI is InChI=1S/C15H19N3O3/c1-9-6-10(2)15-12(7-9)13(18-21-15)8-14(20)17-5-4-16-11(3)19/h6-7H,4-5,8H2,1-3H3,(H,16,19)(H,17,20). The van der Waals surface area contributed by atoms with Crippen molar-refractivity contribution in [2.24, 2.45) is 0 Å². The first kappa shape index (κ1) is 15.0. The fourth-order valence-corrected chi connectivity index (χ4v) is 2.22. The van der Waals surface area contributed by atoms with Gasteiger partial charge in [-0.25, -0.2) is 0 Å². The Labute approximate surface area is 122 Å². The summed E-state index contributed by atoms with van der Waals surface area (Å²) in [5.74, 6) is -0.257. The summed E-state index contributed by atoms with van der Waals surface area (Å²) < 4.78 is 5.31. The van der Waals surface area contributed by atoms with Gasteiger partial charge < -0.3 is 15.2 Å². The number of aryl methyl sites for hydroxylation is 2. The van der Waals surface area contributed by atoms with E-state index in [2.05, 4.69) is 15.8 Å². The van der Waals surface area contributed by atoms with Crippen molar-refractivity contribution in [3.63, 3.8) is 0 Å². The van der Waals surface area contributed by atoms with E-state index >= 15 is 0 Å². The maximum absolute atomic E-state index is 11.9. The first-order valence-electron chi connectivity index (χ1n) is 6.84. The van der Waals surface area contributed by atoms with Gasteiger partial charge in [0.1, 0.15) is 5.69 Å². The van der Waals surface area contributed by atoms with E-state index in [0.29, 0.717) is 18.8 Å². The van der Waals surface area contributed by atoms with Crippen molar-refractivity contribution in [2.75, 3.05) is 13.1 Å². The van der Waals surface area contributed by atoms with E-state index in [1.54, 1.807) is 0 Å². The lowest BCUT2D eigenvalue weighted by Crippen LogP contribution is -2.34. The van der Waals surface area contributed by atoms with Gasteiger partial charge in [0.15, 0.2) is 5.58 Å². The van der Waals surface area contributed by atoms with E-state index in [9.17, 15) is 9.59 Å². The van der Waals surface area contributed by atoms with Crippen LogP contribution in [0.2, 0.25) is 0 Å². The van der Waals surface area contributed by atoms with Crippen LogP contribution < -0.4 is 10.6 Å². The minimum Gasteiger partial charge on any atom is -0.356 e. The molecule has 2 amide bonds. The highest BCUT2D eigenvalue weighted by Crippen LogP contribution is 2.23. The van der Waals surface area contributed by atoms with Crippen LogP contribution in [0.25, 0.3) is 11.0 Å². The Balaban J connectivity index is 2.00. The molecule has 1 aromatic heterocycles. The maximum atomic E-state index is 11.9. The molecule has 0 fully saturated rings. The second kappa shape index (κ2) is 6.39. The van der Waals surface area contributed by atoms with E-state index < -0.39 is 0 Å². The molecule has 0 radical (unpaired) electrons. The second-order valence-corrected chi connectivity index (χ2v) is 5.10. The van der Waals surface area contributed by atoms with E-state index in [4.69, 9.17) is 4.52 Å².